The van der Waals surface area contributed by atoms with Crippen LogP contribution in [0.1, 0.15) is 18.4 Å². The van der Waals surface area contributed by atoms with E-state index in [4.69, 9.17) is 9.47 Å². The van der Waals surface area contributed by atoms with Crippen LogP contribution < -0.4 is 4.90 Å². The maximum absolute atomic E-state index is 9.26. The van der Waals surface area contributed by atoms with E-state index in [2.05, 4.69) is 31.9 Å². The number of nitrogens with zero attached hydrogens (tertiary/aromatic N) is 3. The Bertz CT molecular complexity index is 532. The monoisotopic (exact) mass is 337 g/mol. The Morgan fingerprint density at radius 2 is 2.10 bits per heavy atom. The van der Waals surface area contributed by atoms with Gasteiger partial charge in [-0.3, -0.25) is 0 Å². The number of nitriles is 1. The fraction of sp³-hybridized carbons (Fsp3) is 0.571. The Labute approximate surface area is 126 Å². The molecule has 0 bridgehead atoms. The number of pyridine rings is 1. The lowest BCUT2D eigenvalue weighted by Gasteiger charge is -2.45. The Morgan fingerprint density at radius 1 is 1.30 bits per heavy atom. The lowest BCUT2D eigenvalue weighted by molar-refractivity contribution is -0.116. The molecule has 2 aliphatic rings. The van der Waals surface area contributed by atoms with E-state index < -0.39 is 0 Å². The van der Waals surface area contributed by atoms with E-state index in [1.165, 1.54) is 0 Å². The van der Waals surface area contributed by atoms with Gasteiger partial charge in [-0.1, -0.05) is 0 Å². The third kappa shape index (κ3) is 2.66. The van der Waals surface area contributed by atoms with Crippen LogP contribution in [0.2, 0.25) is 0 Å². The first kappa shape index (κ1) is 13.8. The molecule has 3 heterocycles. The minimum atomic E-state index is -0.146. The number of morpholine rings is 1. The van der Waals surface area contributed by atoms with E-state index in [9.17, 15) is 5.26 Å². The van der Waals surface area contributed by atoms with E-state index in [1.54, 1.807) is 12.1 Å². The van der Waals surface area contributed by atoms with E-state index in [-0.39, 0.29) is 5.60 Å². The van der Waals surface area contributed by atoms with Crippen LogP contribution in [-0.4, -0.2) is 43.5 Å². The van der Waals surface area contributed by atoms with Crippen LogP contribution in [-0.2, 0) is 9.47 Å². The Kier molecular flexibility index (Phi) is 3.92. The van der Waals surface area contributed by atoms with Gasteiger partial charge in [0, 0.05) is 39.1 Å². The zero-order valence-corrected chi connectivity index (χ0v) is 12.7. The lowest BCUT2D eigenvalue weighted by atomic mass is 9.92. The second-order valence-electron chi connectivity index (χ2n) is 5.18. The molecule has 2 saturated heterocycles. The molecule has 0 aliphatic carbocycles. The molecule has 3 rings (SSSR count). The zero-order chi connectivity index (χ0) is 14.0. The fourth-order valence-electron chi connectivity index (χ4n) is 2.83. The molecule has 1 spiro atoms. The largest absolute Gasteiger partial charge is 0.381 e. The van der Waals surface area contributed by atoms with Gasteiger partial charge in [0.1, 0.15) is 16.5 Å². The van der Waals surface area contributed by atoms with Crippen LogP contribution in [0, 0.1) is 11.3 Å². The van der Waals surface area contributed by atoms with E-state index in [0.717, 1.165) is 49.6 Å². The van der Waals surface area contributed by atoms with E-state index in [0.29, 0.717) is 12.2 Å². The van der Waals surface area contributed by atoms with Gasteiger partial charge in [-0.2, -0.15) is 5.26 Å². The molecule has 6 heteroatoms. The van der Waals surface area contributed by atoms with Crippen molar-refractivity contribution in [2.24, 2.45) is 0 Å². The highest BCUT2D eigenvalue weighted by Crippen LogP contribution is 2.32. The summed E-state index contributed by atoms with van der Waals surface area (Å²) in [4.78, 5) is 6.64. The number of rotatable bonds is 1. The first-order chi connectivity index (χ1) is 9.72. The van der Waals surface area contributed by atoms with Crippen molar-refractivity contribution >= 4 is 21.7 Å². The third-order valence-corrected chi connectivity index (χ3v) is 4.36. The first-order valence-corrected chi connectivity index (χ1v) is 7.55. The predicted molar refractivity (Wildman–Crippen MR) is 77.6 cm³/mol. The maximum atomic E-state index is 9.26. The van der Waals surface area contributed by atoms with Crippen LogP contribution >= 0.6 is 15.9 Å². The summed E-state index contributed by atoms with van der Waals surface area (Å²) in [6.07, 6.45) is 1.80. The number of hydrogen-bond donors (Lipinski definition) is 0. The Hall–Kier alpha value is -1.16. The van der Waals surface area contributed by atoms with Gasteiger partial charge in [0.25, 0.3) is 0 Å². The highest BCUT2D eigenvalue weighted by Gasteiger charge is 2.39. The van der Waals surface area contributed by atoms with Gasteiger partial charge in [-0.05, 0) is 28.1 Å². The van der Waals surface area contributed by atoms with E-state index >= 15 is 0 Å². The molecule has 0 unspecified atom stereocenters. The Balaban J connectivity index is 1.87. The van der Waals surface area contributed by atoms with Crippen LogP contribution in [0.25, 0.3) is 0 Å². The van der Waals surface area contributed by atoms with Crippen LogP contribution in [0.15, 0.2) is 16.7 Å². The highest BCUT2D eigenvalue weighted by atomic mass is 79.9. The molecule has 1 aromatic rings. The molecule has 1 aromatic heterocycles. The summed E-state index contributed by atoms with van der Waals surface area (Å²) in [6, 6.07) is 5.82. The quantitative estimate of drug-likeness (QED) is 0.734. The van der Waals surface area contributed by atoms with Crippen molar-refractivity contribution in [2.45, 2.75) is 18.4 Å². The summed E-state index contributed by atoms with van der Waals surface area (Å²) >= 11 is 3.38. The number of ether oxygens (including phenoxy) is 2. The smallest absolute Gasteiger partial charge is 0.148 e. The average molecular weight is 338 g/mol. The molecule has 2 fully saturated rings. The molecule has 5 nitrogen and oxygen atoms in total. The molecular formula is C14H16BrN3O2. The van der Waals surface area contributed by atoms with Gasteiger partial charge in [0.2, 0.25) is 0 Å². The first-order valence-electron chi connectivity index (χ1n) is 6.76. The molecule has 0 aromatic carbocycles. The molecule has 20 heavy (non-hydrogen) atoms. The van der Waals surface area contributed by atoms with Crippen molar-refractivity contribution in [2.75, 3.05) is 37.8 Å². The van der Waals surface area contributed by atoms with Gasteiger partial charge in [-0.25, -0.2) is 4.98 Å². The van der Waals surface area contributed by atoms with Crippen molar-refractivity contribution < 1.29 is 9.47 Å². The second kappa shape index (κ2) is 5.68. The lowest BCUT2D eigenvalue weighted by Crippen LogP contribution is -2.54. The van der Waals surface area contributed by atoms with Crippen molar-refractivity contribution in [1.29, 1.82) is 5.26 Å². The van der Waals surface area contributed by atoms with Gasteiger partial charge in [-0.15, -0.1) is 0 Å². The zero-order valence-electron chi connectivity index (χ0n) is 11.1. The summed E-state index contributed by atoms with van der Waals surface area (Å²) in [5.74, 6) is 0.746. The van der Waals surface area contributed by atoms with Gasteiger partial charge < -0.3 is 14.4 Å². The summed E-state index contributed by atoms with van der Waals surface area (Å²) < 4.78 is 12.2. The molecule has 106 valence electrons. The molecule has 2 aliphatic heterocycles. The molecule has 0 amide bonds. The summed E-state index contributed by atoms with van der Waals surface area (Å²) in [6.45, 7) is 3.68. The van der Waals surface area contributed by atoms with Gasteiger partial charge >= 0.3 is 0 Å². The average Bonchev–Trinajstić information content (AvgIpc) is 2.48. The van der Waals surface area contributed by atoms with Crippen molar-refractivity contribution in [3.63, 3.8) is 0 Å². The number of anilines is 1. The summed E-state index contributed by atoms with van der Waals surface area (Å²) in [5.41, 5.74) is 0.463. The molecular weight excluding hydrogens is 322 g/mol. The van der Waals surface area contributed by atoms with Crippen LogP contribution in [0.5, 0.6) is 0 Å². The number of aromatic nitrogens is 1. The van der Waals surface area contributed by atoms with Gasteiger partial charge in [0.15, 0.2) is 0 Å². The van der Waals surface area contributed by atoms with Gasteiger partial charge in [0.05, 0.1) is 17.8 Å². The van der Waals surface area contributed by atoms with Crippen molar-refractivity contribution in [3.8, 4) is 6.07 Å². The molecule has 0 saturated carbocycles. The minimum Gasteiger partial charge on any atom is -0.381 e. The molecule has 0 atom stereocenters. The minimum absolute atomic E-state index is 0.146. The van der Waals surface area contributed by atoms with Crippen LogP contribution in [0.3, 0.4) is 0 Å². The Morgan fingerprint density at radius 3 is 2.85 bits per heavy atom. The maximum Gasteiger partial charge on any atom is 0.148 e. The second-order valence-corrected chi connectivity index (χ2v) is 5.99. The third-order valence-electron chi connectivity index (χ3n) is 3.91. The van der Waals surface area contributed by atoms with E-state index in [1.807, 2.05) is 0 Å². The normalized spacial score (nSPS) is 21.7. The van der Waals surface area contributed by atoms with Crippen molar-refractivity contribution in [3.05, 3.63) is 22.3 Å². The standard InChI is InChI=1S/C14H16BrN3O2/c15-12-2-1-11(9-16)13(17-12)18-5-8-20-14(10-18)3-6-19-7-4-14/h1-2H,3-8,10H2. The number of hydrogen-bond acceptors (Lipinski definition) is 5. The number of halogens is 1. The summed E-state index contributed by atoms with van der Waals surface area (Å²) in [5, 5.41) is 9.26. The highest BCUT2D eigenvalue weighted by molar-refractivity contribution is 9.10. The SMILES string of the molecule is N#Cc1ccc(Br)nc1N1CCOC2(CCOCC2)C1. The molecule has 0 N–H and O–H groups in total. The van der Waals surface area contributed by atoms with Crippen molar-refractivity contribution in [1.82, 2.24) is 4.98 Å². The topological polar surface area (TPSA) is 58.4 Å². The fourth-order valence-corrected chi connectivity index (χ4v) is 3.13. The predicted octanol–water partition coefficient (Wildman–Crippen LogP) is 2.10. The van der Waals surface area contributed by atoms with Crippen LogP contribution in [0.4, 0.5) is 5.82 Å². The molecule has 0 radical (unpaired) electrons. The summed E-state index contributed by atoms with van der Waals surface area (Å²) in [7, 11) is 0.